The largest absolute Gasteiger partial charge is 0.391 e. The van der Waals surface area contributed by atoms with Crippen molar-refractivity contribution in [3.05, 3.63) is 48.5 Å². The molecule has 0 bridgehead atoms. The van der Waals surface area contributed by atoms with Crippen molar-refractivity contribution in [2.75, 3.05) is 26.4 Å². The van der Waals surface area contributed by atoms with Crippen molar-refractivity contribution in [1.29, 1.82) is 0 Å². The van der Waals surface area contributed by atoms with E-state index >= 15 is 0 Å². The summed E-state index contributed by atoms with van der Waals surface area (Å²) in [7, 11) is -4.66. The van der Waals surface area contributed by atoms with E-state index < -0.39 is 17.1 Å². The van der Waals surface area contributed by atoms with E-state index in [1.165, 1.54) is 11.1 Å². The smallest absolute Gasteiger partial charge is 0.369 e. The summed E-state index contributed by atoms with van der Waals surface area (Å²) in [6.45, 7) is 14.9. The van der Waals surface area contributed by atoms with Crippen LogP contribution in [0.25, 0.3) is 11.1 Å². The highest BCUT2D eigenvalue weighted by Crippen LogP contribution is 2.20. The second-order valence-corrected chi connectivity index (χ2v) is 12.9. The molecule has 0 aliphatic carbocycles. The third-order valence-corrected chi connectivity index (χ3v) is 11.0. The van der Waals surface area contributed by atoms with Gasteiger partial charge < -0.3 is 17.7 Å². The molecule has 0 spiro atoms. The Bertz CT molecular complexity index is 641. The Morgan fingerprint density at radius 2 is 0.750 bits per heavy atom. The number of rotatable bonds is 11. The Balaban J connectivity index is 2.24. The first-order valence-corrected chi connectivity index (χ1v) is 14.8. The first-order valence-electron chi connectivity index (χ1n) is 10.2. The van der Waals surface area contributed by atoms with E-state index in [0.29, 0.717) is 26.4 Å². The molecular formula is C22H34O4Si2. The van der Waals surface area contributed by atoms with Crippen molar-refractivity contribution >= 4 is 27.5 Å². The molecule has 2 aromatic carbocycles. The molecule has 0 radical (unpaired) electrons. The molecule has 28 heavy (non-hydrogen) atoms. The van der Waals surface area contributed by atoms with E-state index in [4.69, 9.17) is 17.7 Å². The molecule has 0 fully saturated rings. The van der Waals surface area contributed by atoms with Crippen molar-refractivity contribution in [1.82, 2.24) is 0 Å². The maximum Gasteiger partial charge on any atom is 0.369 e. The van der Waals surface area contributed by atoms with Gasteiger partial charge in [-0.3, -0.25) is 0 Å². The van der Waals surface area contributed by atoms with E-state index in [2.05, 4.69) is 61.6 Å². The molecule has 0 atom stereocenters. The van der Waals surface area contributed by atoms with Crippen LogP contribution in [0.15, 0.2) is 48.5 Å². The molecule has 0 aliphatic rings. The first-order chi connectivity index (χ1) is 13.4. The molecule has 0 heterocycles. The Morgan fingerprint density at radius 3 is 0.964 bits per heavy atom. The van der Waals surface area contributed by atoms with Crippen LogP contribution in [0.4, 0.5) is 0 Å². The fourth-order valence-corrected chi connectivity index (χ4v) is 8.03. The van der Waals surface area contributed by atoms with Crippen LogP contribution in [-0.2, 0) is 17.7 Å². The minimum atomic E-state index is -2.33. The summed E-state index contributed by atoms with van der Waals surface area (Å²) >= 11 is 0. The standard InChI is InChI=1S/C22H34O4Si2/c1-7-23-27(5,24-8-2)21-15-11-19(12-16-21)20-13-17-22(18-14-20)28(6,25-9-3)26-10-4/h11-18H,7-10H2,1-6H3. The molecule has 2 aromatic rings. The zero-order valence-corrected chi connectivity index (χ0v) is 20.1. The molecule has 0 unspecified atom stereocenters. The Labute approximate surface area is 172 Å². The van der Waals surface area contributed by atoms with E-state index in [-0.39, 0.29) is 0 Å². The third-order valence-electron chi connectivity index (χ3n) is 4.83. The fraction of sp³-hybridized carbons (Fsp3) is 0.455. The molecule has 0 aliphatic heterocycles. The Hall–Kier alpha value is -1.29. The average molecular weight is 419 g/mol. The molecular weight excluding hydrogens is 384 g/mol. The van der Waals surface area contributed by atoms with Crippen molar-refractivity contribution in [3.63, 3.8) is 0 Å². The highest BCUT2D eigenvalue weighted by molar-refractivity contribution is 6.80. The highest BCUT2D eigenvalue weighted by Gasteiger charge is 2.34. The molecule has 0 saturated heterocycles. The van der Waals surface area contributed by atoms with Crippen molar-refractivity contribution in [3.8, 4) is 11.1 Å². The van der Waals surface area contributed by atoms with Gasteiger partial charge in [0.2, 0.25) is 0 Å². The lowest BCUT2D eigenvalue weighted by atomic mass is 10.1. The summed E-state index contributed by atoms with van der Waals surface area (Å²) in [4.78, 5) is 0. The predicted octanol–water partition coefficient (Wildman–Crippen LogP) is 4.06. The van der Waals surface area contributed by atoms with Crippen LogP contribution in [0.5, 0.6) is 0 Å². The summed E-state index contributed by atoms with van der Waals surface area (Å²) in [5.41, 5.74) is 2.35. The number of hydrogen-bond donors (Lipinski definition) is 0. The van der Waals surface area contributed by atoms with E-state index in [9.17, 15) is 0 Å². The monoisotopic (exact) mass is 418 g/mol. The molecule has 6 heteroatoms. The molecule has 2 rings (SSSR count). The minimum Gasteiger partial charge on any atom is -0.391 e. The number of benzene rings is 2. The lowest BCUT2D eigenvalue weighted by Gasteiger charge is -2.27. The molecule has 4 nitrogen and oxygen atoms in total. The van der Waals surface area contributed by atoms with Crippen LogP contribution >= 0.6 is 0 Å². The average Bonchev–Trinajstić information content (AvgIpc) is 2.69. The number of hydrogen-bond acceptors (Lipinski definition) is 4. The van der Waals surface area contributed by atoms with Crippen LogP contribution in [0.3, 0.4) is 0 Å². The summed E-state index contributed by atoms with van der Waals surface area (Å²) in [6, 6.07) is 17.1. The Kier molecular flexibility index (Phi) is 8.61. The van der Waals surface area contributed by atoms with Crippen molar-refractivity contribution in [2.45, 2.75) is 40.8 Å². The third kappa shape index (κ3) is 5.40. The van der Waals surface area contributed by atoms with E-state index in [0.717, 1.165) is 10.4 Å². The summed E-state index contributed by atoms with van der Waals surface area (Å²) < 4.78 is 24.0. The van der Waals surface area contributed by atoms with Gasteiger partial charge in [-0.05, 0) is 62.3 Å². The van der Waals surface area contributed by atoms with E-state index in [1.54, 1.807) is 0 Å². The van der Waals surface area contributed by atoms with Gasteiger partial charge in [-0.1, -0.05) is 48.5 Å². The molecule has 154 valence electrons. The topological polar surface area (TPSA) is 36.9 Å². The van der Waals surface area contributed by atoms with Gasteiger partial charge in [-0.15, -0.1) is 0 Å². The van der Waals surface area contributed by atoms with Crippen LogP contribution in [0, 0.1) is 0 Å². The lowest BCUT2D eigenvalue weighted by Crippen LogP contribution is -2.51. The van der Waals surface area contributed by atoms with Crippen LogP contribution in [-0.4, -0.2) is 43.5 Å². The van der Waals surface area contributed by atoms with Crippen LogP contribution in [0.1, 0.15) is 27.7 Å². The maximum atomic E-state index is 5.99. The zero-order valence-electron chi connectivity index (χ0n) is 18.1. The van der Waals surface area contributed by atoms with Gasteiger partial charge in [0.1, 0.15) is 0 Å². The fourth-order valence-electron chi connectivity index (χ4n) is 3.45. The normalized spacial score (nSPS) is 12.4. The molecule has 0 saturated carbocycles. The quantitative estimate of drug-likeness (QED) is 0.516. The Morgan fingerprint density at radius 1 is 0.500 bits per heavy atom. The van der Waals surface area contributed by atoms with Gasteiger partial charge in [-0.2, -0.15) is 0 Å². The summed E-state index contributed by atoms with van der Waals surface area (Å²) in [5, 5.41) is 2.31. The van der Waals surface area contributed by atoms with Gasteiger partial charge in [0.25, 0.3) is 0 Å². The van der Waals surface area contributed by atoms with Gasteiger partial charge in [0.15, 0.2) is 0 Å². The second kappa shape index (κ2) is 10.5. The van der Waals surface area contributed by atoms with Crippen LogP contribution < -0.4 is 10.4 Å². The van der Waals surface area contributed by atoms with Gasteiger partial charge >= 0.3 is 17.1 Å². The van der Waals surface area contributed by atoms with Gasteiger partial charge in [-0.25, -0.2) is 0 Å². The summed E-state index contributed by atoms with van der Waals surface area (Å²) in [5.74, 6) is 0. The van der Waals surface area contributed by atoms with Gasteiger partial charge in [0, 0.05) is 26.4 Å². The highest BCUT2D eigenvalue weighted by atomic mass is 28.4. The van der Waals surface area contributed by atoms with Crippen molar-refractivity contribution in [2.24, 2.45) is 0 Å². The molecule has 0 N–H and O–H groups in total. The zero-order chi connectivity index (χ0) is 20.6. The van der Waals surface area contributed by atoms with E-state index in [1.807, 2.05) is 27.7 Å². The van der Waals surface area contributed by atoms with Crippen molar-refractivity contribution < 1.29 is 17.7 Å². The molecule has 0 amide bonds. The lowest BCUT2D eigenvalue weighted by molar-refractivity contribution is 0.201. The molecule has 0 aromatic heterocycles. The summed E-state index contributed by atoms with van der Waals surface area (Å²) in [6.07, 6.45) is 0. The predicted molar refractivity (Wildman–Crippen MR) is 121 cm³/mol. The van der Waals surface area contributed by atoms with Crippen LogP contribution in [0.2, 0.25) is 13.1 Å². The first kappa shape index (κ1) is 23.0. The minimum absolute atomic E-state index is 0.661. The SMILES string of the molecule is CCO[Si](C)(OCC)c1ccc(-c2ccc([Si](C)(OCC)OCC)cc2)cc1. The maximum absolute atomic E-state index is 5.99. The van der Waals surface area contributed by atoms with Gasteiger partial charge in [0.05, 0.1) is 0 Å². The second-order valence-electron chi connectivity index (χ2n) is 6.78.